The van der Waals surface area contributed by atoms with Crippen molar-refractivity contribution in [3.63, 3.8) is 0 Å². The molecule has 1 fully saturated rings. The molecule has 0 radical (unpaired) electrons. The Kier molecular flexibility index (Phi) is 4.35. The van der Waals surface area contributed by atoms with Crippen molar-refractivity contribution in [2.45, 2.75) is 45.3 Å². The molecule has 1 aliphatic rings. The van der Waals surface area contributed by atoms with Gasteiger partial charge in [-0.3, -0.25) is 0 Å². The first kappa shape index (κ1) is 12.0. The predicted molar refractivity (Wildman–Crippen MR) is 59.3 cm³/mol. The Morgan fingerprint density at radius 1 is 1.43 bits per heavy atom. The number of hydrogen-bond donors (Lipinski definition) is 2. The lowest BCUT2D eigenvalue weighted by molar-refractivity contribution is 0.0819. The van der Waals surface area contributed by atoms with Crippen molar-refractivity contribution in [2.24, 2.45) is 11.1 Å². The summed E-state index contributed by atoms with van der Waals surface area (Å²) in [6.45, 7) is 6.09. The van der Waals surface area contributed by atoms with Gasteiger partial charge in [-0.05, 0) is 31.2 Å². The molecule has 1 rings (SSSR count). The third-order valence-electron chi connectivity index (χ3n) is 3.15. The Bertz CT molecular complexity index is 171. The number of nitrogens with two attached hydrogens (primary N) is 1. The molecule has 0 heterocycles. The van der Waals surface area contributed by atoms with Gasteiger partial charge in [0.2, 0.25) is 0 Å². The van der Waals surface area contributed by atoms with Crippen LogP contribution in [0.1, 0.15) is 33.1 Å². The minimum atomic E-state index is 0.195. The second kappa shape index (κ2) is 5.10. The Balaban J connectivity index is 2.30. The maximum Gasteiger partial charge on any atom is 0.0724 e. The number of methoxy groups -OCH3 is 1. The normalized spacial score (nSPS) is 28.3. The average Bonchev–Trinajstić information content (AvgIpc) is 2.62. The number of rotatable bonds is 5. The first-order valence-electron chi connectivity index (χ1n) is 5.55. The largest absolute Gasteiger partial charge is 0.380 e. The highest BCUT2D eigenvalue weighted by molar-refractivity contribution is 4.86. The lowest BCUT2D eigenvalue weighted by atomic mass is 9.93. The topological polar surface area (TPSA) is 47.3 Å². The molecule has 0 saturated heterocycles. The summed E-state index contributed by atoms with van der Waals surface area (Å²) in [4.78, 5) is 0. The zero-order chi connectivity index (χ0) is 10.6. The van der Waals surface area contributed by atoms with Gasteiger partial charge in [-0.1, -0.05) is 13.8 Å². The van der Waals surface area contributed by atoms with Crippen molar-refractivity contribution in [3.05, 3.63) is 0 Å². The second-order valence-electron chi connectivity index (χ2n) is 5.06. The van der Waals surface area contributed by atoms with Crippen LogP contribution in [0.25, 0.3) is 0 Å². The predicted octanol–water partition coefficient (Wildman–Crippen LogP) is 1.13. The standard InChI is InChI=1S/C11H24N2O/c1-11(2,7-12)8-13-9-5-4-6-10(9)14-3/h9-10,13H,4-8,12H2,1-3H3. The molecule has 14 heavy (non-hydrogen) atoms. The number of hydrogen-bond acceptors (Lipinski definition) is 3. The highest BCUT2D eigenvalue weighted by Crippen LogP contribution is 2.22. The van der Waals surface area contributed by atoms with Gasteiger partial charge < -0.3 is 15.8 Å². The molecule has 0 bridgehead atoms. The molecule has 0 aromatic carbocycles. The Morgan fingerprint density at radius 2 is 2.14 bits per heavy atom. The van der Waals surface area contributed by atoms with Crippen LogP contribution in [0.5, 0.6) is 0 Å². The molecule has 3 heteroatoms. The van der Waals surface area contributed by atoms with Crippen LogP contribution >= 0.6 is 0 Å². The van der Waals surface area contributed by atoms with Gasteiger partial charge in [0, 0.05) is 19.7 Å². The van der Waals surface area contributed by atoms with Gasteiger partial charge in [-0.15, -0.1) is 0 Å². The fourth-order valence-corrected chi connectivity index (χ4v) is 1.92. The monoisotopic (exact) mass is 200 g/mol. The lowest BCUT2D eigenvalue weighted by Gasteiger charge is -2.27. The molecule has 2 atom stereocenters. The van der Waals surface area contributed by atoms with Gasteiger partial charge in [0.25, 0.3) is 0 Å². The lowest BCUT2D eigenvalue weighted by Crippen LogP contribution is -2.44. The van der Waals surface area contributed by atoms with Crippen LogP contribution in [0.2, 0.25) is 0 Å². The molecule has 3 N–H and O–H groups in total. The first-order valence-corrected chi connectivity index (χ1v) is 5.55. The van der Waals surface area contributed by atoms with Crippen LogP contribution < -0.4 is 11.1 Å². The third kappa shape index (κ3) is 3.23. The minimum absolute atomic E-state index is 0.195. The van der Waals surface area contributed by atoms with E-state index in [9.17, 15) is 0 Å². The second-order valence-corrected chi connectivity index (χ2v) is 5.06. The number of nitrogens with one attached hydrogen (secondary N) is 1. The van der Waals surface area contributed by atoms with E-state index in [1.54, 1.807) is 7.11 Å². The SMILES string of the molecule is COC1CCCC1NCC(C)(C)CN. The summed E-state index contributed by atoms with van der Waals surface area (Å²) in [5.41, 5.74) is 5.88. The van der Waals surface area contributed by atoms with E-state index in [0.717, 1.165) is 13.1 Å². The fraction of sp³-hybridized carbons (Fsp3) is 1.00. The Morgan fingerprint density at radius 3 is 2.71 bits per heavy atom. The van der Waals surface area contributed by atoms with Gasteiger partial charge in [-0.2, -0.15) is 0 Å². The van der Waals surface area contributed by atoms with Crippen LogP contribution in [0.4, 0.5) is 0 Å². The van der Waals surface area contributed by atoms with Crippen molar-refractivity contribution in [1.82, 2.24) is 5.32 Å². The van der Waals surface area contributed by atoms with E-state index in [1.807, 2.05) is 0 Å². The molecule has 1 saturated carbocycles. The molecular weight excluding hydrogens is 176 g/mol. The Labute approximate surface area is 87.4 Å². The molecule has 3 nitrogen and oxygen atoms in total. The van der Waals surface area contributed by atoms with Crippen LogP contribution in [0.3, 0.4) is 0 Å². The summed E-state index contributed by atoms with van der Waals surface area (Å²) in [5, 5.41) is 3.57. The highest BCUT2D eigenvalue weighted by atomic mass is 16.5. The fourth-order valence-electron chi connectivity index (χ4n) is 1.92. The van der Waals surface area contributed by atoms with E-state index in [0.29, 0.717) is 12.1 Å². The smallest absolute Gasteiger partial charge is 0.0724 e. The summed E-state index contributed by atoms with van der Waals surface area (Å²) in [6.07, 6.45) is 4.11. The zero-order valence-electron chi connectivity index (χ0n) is 9.68. The summed E-state index contributed by atoms with van der Waals surface area (Å²) >= 11 is 0. The van der Waals surface area contributed by atoms with Crippen molar-refractivity contribution >= 4 is 0 Å². The van der Waals surface area contributed by atoms with Crippen LogP contribution in [-0.4, -0.2) is 32.3 Å². The van der Waals surface area contributed by atoms with Crippen LogP contribution in [-0.2, 0) is 4.74 Å². The summed E-state index contributed by atoms with van der Waals surface area (Å²) < 4.78 is 5.43. The molecule has 0 aromatic heterocycles. The minimum Gasteiger partial charge on any atom is -0.380 e. The van der Waals surface area contributed by atoms with E-state index >= 15 is 0 Å². The summed E-state index contributed by atoms with van der Waals surface area (Å²) in [5.74, 6) is 0. The van der Waals surface area contributed by atoms with Gasteiger partial charge in [-0.25, -0.2) is 0 Å². The highest BCUT2D eigenvalue weighted by Gasteiger charge is 2.28. The van der Waals surface area contributed by atoms with Crippen molar-refractivity contribution in [2.75, 3.05) is 20.2 Å². The van der Waals surface area contributed by atoms with E-state index in [2.05, 4.69) is 19.2 Å². The molecular formula is C11H24N2O. The summed E-state index contributed by atoms with van der Waals surface area (Å²) in [7, 11) is 1.80. The van der Waals surface area contributed by atoms with Gasteiger partial charge in [0.1, 0.15) is 0 Å². The average molecular weight is 200 g/mol. The third-order valence-corrected chi connectivity index (χ3v) is 3.15. The van der Waals surface area contributed by atoms with Crippen LogP contribution in [0, 0.1) is 5.41 Å². The molecule has 0 spiro atoms. The molecule has 2 unspecified atom stereocenters. The first-order chi connectivity index (χ1) is 6.59. The maximum atomic E-state index is 5.69. The summed E-state index contributed by atoms with van der Waals surface area (Å²) in [6, 6.07) is 0.533. The molecule has 84 valence electrons. The zero-order valence-corrected chi connectivity index (χ0v) is 9.68. The van der Waals surface area contributed by atoms with Gasteiger partial charge >= 0.3 is 0 Å². The van der Waals surface area contributed by atoms with Gasteiger partial charge in [0.15, 0.2) is 0 Å². The number of ether oxygens (including phenoxy) is 1. The maximum absolute atomic E-state index is 5.69. The Hall–Kier alpha value is -0.120. The molecule has 0 amide bonds. The van der Waals surface area contributed by atoms with E-state index in [-0.39, 0.29) is 5.41 Å². The van der Waals surface area contributed by atoms with E-state index in [4.69, 9.17) is 10.5 Å². The molecule has 0 aromatic rings. The molecule has 0 aliphatic heterocycles. The molecule has 1 aliphatic carbocycles. The van der Waals surface area contributed by atoms with Gasteiger partial charge in [0.05, 0.1) is 6.10 Å². The van der Waals surface area contributed by atoms with Crippen molar-refractivity contribution in [3.8, 4) is 0 Å². The quantitative estimate of drug-likeness (QED) is 0.699. The van der Waals surface area contributed by atoms with Crippen molar-refractivity contribution in [1.29, 1.82) is 0 Å². The van der Waals surface area contributed by atoms with E-state index in [1.165, 1.54) is 19.3 Å². The van der Waals surface area contributed by atoms with Crippen LogP contribution in [0.15, 0.2) is 0 Å². The van der Waals surface area contributed by atoms with Crippen molar-refractivity contribution < 1.29 is 4.74 Å². The van der Waals surface area contributed by atoms with E-state index < -0.39 is 0 Å².